The van der Waals surface area contributed by atoms with E-state index in [1.807, 2.05) is 21.1 Å². The Bertz CT molecular complexity index is 1240. The van der Waals surface area contributed by atoms with E-state index in [0.717, 1.165) is 64.2 Å². The van der Waals surface area contributed by atoms with Crippen molar-refractivity contribution in [2.75, 3.05) is 41.0 Å². The first-order chi connectivity index (χ1) is 30.1. The number of rotatable bonds is 44. The summed E-state index contributed by atoms with van der Waals surface area (Å²) in [6, 6.07) is -0.628. The highest BCUT2D eigenvalue weighted by Gasteiger charge is 2.31. The van der Waals surface area contributed by atoms with Crippen LogP contribution in [0.1, 0.15) is 200 Å². The molecule has 0 spiro atoms. The molecule has 0 fully saturated rings. The number of aliphatic carboxylic acids is 1. The molecular weight excluding hydrogens is 775 g/mol. The second-order valence-corrected chi connectivity index (χ2v) is 17.7. The molecule has 0 heterocycles. The van der Waals surface area contributed by atoms with Crippen LogP contribution < -0.4 is 0 Å². The van der Waals surface area contributed by atoms with Crippen LogP contribution in [0.25, 0.3) is 0 Å². The third-order valence-electron chi connectivity index (χ3n) is 10.9. The Morgan fingerprint density at radius 2 is 0.903 bits per heavy atom. The number of allylic oxidation sites excluding steroid dienone is 12. The molecule has 2 unspecified atom stereocenters. The van der Waals surface area contributed by atoms with Crippen LogP contribution in [0, 0.1) is 0 Å². The zero-order valence-corrected chi connectivity index (χ0v) is 40.6. The van der Waals surface area contributed by atoms with Crippen molar-refractivity contribution in [2.45, 2.75) is 212 Å². The summed E-state index contributed by atoms with van der Waals surface area (Å²) in [5.74, 6) is -1.54. The maximum absolute atomic E-state index is 12.8. The topological polar surface area (TPSA) is 99.1 Å². The molecule has 2 atom stereocenters. The van der Waals surface area contributed by atoms with Crippen LogP contribution in [0.3, 0.4) is 0 Å². The molecule has 0 aliphatic rings. The average Bonchev–Trinajstić information content (AvgIpc) is 3.23. The van der Waals surface area contributed by atoms with Gasteiger partial charge in [-0.05, 0) is 57.8 Å². The molecule has 0 saturated carbocycles. The van der Waals surface area contributed by atoms with E-state index in [0.29, 0.717) is 19.3 Å². The quantitative estimate of drug-likeness (QED) is 0.0282. The number of quaternary nitrogens is 1. The van der Waals surface area contributed by atoms with E-state index in [1.54, 1.807) is 0 Å². The maximum Gasteiger partial charge on any atom is 0.362 e. The van der Waals surface area contributed by atoms with Crippen molar-refractivity contribution in [1.29, 1.82) is 0 Å². The average molecular weight is 869 g/mol. The van der Waals surface area contributed by atoms with Crippen LogP contribution in [0.5, 0.6) is 0 Å². The van der Waals surface area contributed by atoms with Crippen LogP contribution in [0.4, 0.5) is 0 Å². The maximum atomic E-state index is 12.8. The summed E-state index contributed by atoms with van der Waals surface area (Å²) < 4.78 is 17.3. The molecule has 8 heteroatoms. The summed E-state index contributed by atoms with van der Waals surface area (Å²) in [5.41, 5.74) is 0. The minimum absolute atomic E-state index is 0.0366. The predicted molar refractivity (Wildman–Crippen MR) is 261 cm³/mol. The largest absolute Gasteiger partial charge is 0.477 e. The number of carbonyl (C=O) groups excluding carboxylic acids is 2. The van der Waals surface area contributed by atoms with Gasteiger partial charge in [-0.15, -0.1) is 0 Å². The van der Waals surface area contributed by atoms with Crippen molar-refractivity contribution in [3.8, 4) is 0 Å². The Labute approximate surface area is 381 Å². The lowest BCUT2D eigenvalue weighted by molar-refractivity contribution is -0.887. The number of carboxylic acids is 1. The smallest absolute Gasteiger partial charge is 0.362 e. The zero-order valence-electron chi connectivity index (χ0n) is 40.6. The van der Waals surface area contributed by atoms with Gasteiger partial charge in [0.05, 0.1) is 34.4 Å². The van der Waals surface area contributed by atoms with Crippen LogP contribution in [0.15, 0.2) is 72.9 Å². The summed E-state index contributed by atoms with van der Waals surface area (Å²) in [4.78, 5) is 37.1. The summed E-state index contributed by atoms with van der Waals surface area (Å²) in [7, 11) is 5.51. The first-order valence-electron chi connectivity index (χ1n) is 25.0. The highest BCUT2D eigenvalue weighted by atomic mass is 16.6. The van der Waals surface area contributed by atoms with Gasteiger partial charge >= 0.3 is 17.9 Å². The number of esters is 2. The van der Waals surface area contributed by atoms with Gasteiger partial charge in [0.15, 0.2) is 12.1 Å². The Hall–Kier alpha value is -3.23. The zero-order chi connectivity index (χ0) is 45.6. The first-order valence-corrected chi connectivity index (χ1v) is 25.0. The number of ether oxygens (including phenoxy) is 3. The SMILES string of the molecule is CC/C=C/C/C=C/C/C=C/C/C=C/C/C=C/C/C=C/CCCC(=O)OC(COCCC(C(=O)O)[N+](C)(C)C)COC(=O)CCCCCCCCCCCCCCCCCCCC. The van der Waals surface area contributed by atoms with Crippen LogP contribution in [-0.4, -0.2) is 80.6 Å². The van der Waals surface area contributed by atoms with Gasteiger partial charge in [-0.1, -0.05) is 196 Å². The van der Waals surface area contributed by atoms with E-state index in [4.69, 9.17) is 14.2 Å². The lowest BCUT2D eigenvalue weighted by Crippen LogP contribution is -2.50. The van der Waals surface area contributed by atoms with Crippen LogP contribution in [0.2, 0.25) is 0 Å². The number of carbonyl (C=O) groups is 3. The lowest BCUT2D eigenvalue weighted by atomic mass is 10.0. The fourth-order valence-corrected chi connectivity index (χ4v) is 7.05. The highest BCUT2D eigenvalue weighted by molar-refractivity contribution is 5.72. The van der Waals surface area contributed by atoms with Gasteiger partial charge in [-0.25, -0.2) is 4.79 Å². The number of unbranched alkanes of at least 4 members (excludes halogenated alkanes) is 18. The molecule has 8 nitrogen and oxygen atoms in total. The van der Waals surface area contributed by atoms with E-state index >= 15 is 0 Å². The fourth-order valence-electron chi connectivity index (χ4n) is 7.05. The normalized spacial score (nSPS) is 13.5. The summed E-state index contributed by atoms with van der Waals surface area (Å²) in [5, 5.41) is 9.64. The van der Waals surface area contributed by atoms with E-state index in [9.17, 15) is 19.5 Å². The highest BCUT2D eigenvalue weighted by Crippen LogP contribution is 2.15. The third kappa shape index (κ3) is 42.1. The van der Waals surface area contributed by atoms with Gasteiger partial charge in [0.1, 0.15) is 6.61 Å². The molecule has 62 heavy (non-hydrogen) atoms. The second kappa shape index (κ2) is 44.4. The molecule has 0 bridgehead atoms. The number of hydrogen-bond donors (Lipinski definition) is 1. The second-order valence-electron chi connectivity index (χ2n) is 17.7. The molecular formula is C54H94NO7+. The Balaban J connectivity index is 4.37. The van der Waals surface area contributed by atoms with E-state index in [1.165, 1.54) is 96.3 Å². The molecule has 0 aromatic carbocycles. The molecule has 356 valence electrons. The van der Waals surface area contributed by atoms with Crippen LogP contribution in [-0.2, 0) is 28.6 Å². The van der Waals surface area contributed by atoms with Gasteiger partial charge in [0, 0.05) is 19.3 Å². The monoisotopic (exact) mass is 869 g/mol. The minimum Gasteiger partial charge on any atom is -0.477 e. The van der Waals surface area contributed by atoms with E-state index in [2.05, 4.69) is 86.8 Å². The van der Waals surface area contributed by atoms with E-state index in [-0.39, 0.29) is 42.7 Å². The molecule has 0 aliphatic heterocycles. The van der Waals surface area contributed by atoms with Gasteiger partial charge in [0.25, 0.3) is 0 Å². The molecule has 0 aromatic rings. The van der Waals surface area contributed by atoms with Crippen molar-refractivity contribution in [1.82, 2.24) is 0 Å². The Kier molecular flexibility index (Phi) is 42.1. The minimum atomic E-state index is -0.885. The van der Waals surface area contributed by atoms with Crippen molar-refractivity contribution < 1.29 is 38.2 Å². The Morgan fingerprint density at radius 3 is 1.32 bits per heavy atom. The van der Waals surface area contributed by atoms with Gasteiger partial charge in [-0.3, -0.25) is 9.59 Å². The molecule has 0 radical (unpaired) electrons. The lowest BCUT2D eigenvalue weighted by Gasteiger charge is -2.31. The summed E-state index contributed by atoms with van der Waals surface area (Å²) >= 11 is 0. The number of likely N-dealkylation sites (N-methyl/N-ethyl adjacent to an activating group) is 1. The van der Waals surface area contributed by atoms with Crippen molar-refractivity contribution >= 4 is 17.9 Å². The molecule has 0 amide bonds. The molecule has 0 saturated heterocycles. The van der Waals surface area contributed by atoms with Crippen molar-refractivity contribution in [3.63, 3.8) is 0 Å². The fraction of sp³-hybridized carbons (Fsp3) is 0.722. The van der Waals surface area contributed by atoms with Gasteiger partial charge < -0.3 is 23.8 Å². The van der Waals surface area contributed by atoms with Crippen molar-refractivity contribution in [2.24, 2.45) is 0 Å². The standard InChI is InChI=1S/C54H93NO7/c1-6-8-10-12-14-16-18-20-22-24-26-27-29-31-33-35-37-39-41-43-45-53(57)62-50(48-60-47-46-51(54(58)59)55(3,4)5)49-61-52(56)44-42-40-38-36-34-32-30-28-25-23-21-19-17-15-13-11-9-7-2/h8,10,14,16,20,22,26-27,31,33,37,39,50-51H,6-7,9,11-13,15,17-19,21,23-25,28-30,32,34-36,38,40-49H2,1-5H3/p+1/b10-8+,16-14+,22-20+,27-26+,33-31+,39-37+. The number of carboxylic acid groups (broad SMARTS) is 1. The third-order valence-corrected chi connectivity index (χ3v) is 10.9. The molecule has 1 N–H and O–H groups in total. The van der Waals surface area contributed by atoms with Gasteiger partial charge in [0.2, 0.25) is 0 Å². The van der Waals surface area contributed by atoms with Crippen LogP contribution >= 0.6 is 0 Å². The van der Waals surface area contributed by atoms with Gasteiger partial charge in [-0.2, -0.15) is 0 Å². The summed E-state index contributed by atoms with van der Waals surface area (Å²) in [6.07, 6.45) is 56.7. The Morgan fingerprint density at radius 1 is 0.500 bits per heavy atom. The number of nitrogens with zero attached hydrogens (tertiary/aromatic N) is 1. The van der Waals surface area contributed by atoms with Crippen molar-refractivity contribution in [3.05, 3.63) is 72.9 Å². The summed E-state index contributed by atoms with van der Waals surface area (Å²) in [6.45, 7) is 4.58. The molecule has 0 aromatic heterocycles. The predicted octanol–water partition coefficient (Wildman–Crippen LogP) is 14.3. The molecule has 0 rings (SSSR count). The van der Waals surface area contributed by atoms with E-state index < -0.39 is 18.1 Å². The number of hydrogen-bond acceptors (Lipinski definition) is 6. The molecule has 0 aliphatic carbocycles. The first kappa shape index (κ1) is 58.8.